The first-order valence-electron chi connectivity index (χ1n) is 8.77. The zero-order valence-corrected chi connectivity index (χ0v) is 15.8. The highest BCUT2D eigenvalue weighted by Gasteiger charge is 2.12. The fourth-order valence-electron chi connectivity index (χ4n) is 2.59. The molecule has 0 radical (unpaired) electrons. The van der Waals surface area contributed by atoms with Crippen LogP contribution in [0.25, 0.3) is 0 Å². The van der Waals surface area contributed by atoms with E-state index in [-0.39, 0.29) is 5.82 Å². The van der Waals surface area contributed by atoms with Crippen molar-refractivity contribution in [2.45, 2.75) is 20.1 Å². The normalized spacial score (nSPS) is 10.5. The molecule has 0 aliphatic rings. The standard InChI is InChI=1S/C22H21ClFNO2/c1-2-26-21-12-17(14-25-19-10-8-18(24)9-11-19)20(23)13-22(21)27-15-16-6-4-3-5-7-16/h3-13,25H,2,14-15H2,1H3. The van der Waals surface area contributed by atoms with Gasteiger partial charge in [0.2, 0.25) is 0 Å². The molecule has 0 aliphatic heterocycles. The molecule has 0 aliphatic carbocycles. The van der Waals surface area contributed by atoms with Gasteiger partial charge in [0.25, 0.3) is 0 Å². The van der Waals surface area contributed by atoms with Crippen molar-refractivity contribution < 1.29 is 13.9 Å². The number of anilines is 1. The summed E-state index contributed by atoms with van der Waals surface area (Å²) in [4.78, 5) is 0. The summed E-state index contributed by atoms with van der Waals surface area (Å²) in [5, 5.41) is 3.81. The second kappa shape index (κ2) is 9.28. The van der Waals surface area contributed by atoms with Gasteiger partial charge in [0.15, 0.2) is 11.5 Å². The van der Waals surface area contributed by atoms with Gasteiger partial charge in [-0.1, -0.05) is 41.9 Å². The quantitative estimate of drug-likeness (QED) is 0.510. The Morgan fingerprint density at radius 3 is 2.33 bits per heavy atom. The third-order valence-electron chi connectivity index (χ3n) is 3.98. The Kier molecular flexibility index (Phi) is 6.55. The van der Waals surface area contributed by atoms with Crippen LogP contribution in [0.5, 0.6) is 11.5 Å². The minimum absolute atomic E-state index is 0.267. The molecule has 140 valence electrons. The summed E-state index contributed by atoms with van der Waals surface area (Å²) in [6, 6.07) is 19.8. The molecule has 3 aromatic carbocycles. The number of rotatable bonds is 8. The van der Waals surface area contributed by atoms with Gasteiger partial charge in [0, 0.05) is 23.3 Å². The molecular weight excluding hydrogens is 365 g/mol. The number of hydrogen-bond donors (Lipinski definition) is 1. The predicted molar refractivity (Wildman–Crippen MR) is 107 cm³/mol. The van der Waals surface area contributed by atoms with Crippen LogP contribution in [-0.2, 0) is 13.2 Å². The van der Waals surface area contributed by atoms with Gasteiger partial charge >= 0.3 is 0 Å². The third kappa shape index (κ3) is 5.38. The first-order valence-corrected chi connectivity index (χ1v) is 9.15. The number of halogens is 2. The molecule has 0 atom stereocenters. The SMILES string of the molecule is CCOc1cc(CNc2ccc(F)cc2)c(Cl)cc1OCc1ccccc1. The van der Waals surface area contributed by atoms with Gasteiger partial charge in [0.1, 0.15) is 12.4 Å². The van der Waals surface area contributed by atoms with Crippen molar-refractivity contribution in [2.24, 2.45) is 0 Å². The summed E-state index contributed by atoms with van der Waals surface area (Å²) in [6.45, 7) is 3.37. The van der Waals surface area contributed by atoms with E-state index in [0.717, 1.165) is 16.8 Å². The van der Waals surface area contributed by atoms with Crippen LogP contribution >= 0.6 is 11.6 Å². The molecule has 27 heavy (non-hydrogen) atoms. The summed E-state index contributed by atoms with van der Waals surface area (Å²) in [5.74, 6) is 0.988. The highest BCUT2D eigenvalue weighted by Crippen LogP contribution is 2.34. The Morgan fingerprint density at radius 1 is 0.926 bits per heavy atom. The maximum Gasteiger partial charge on any atom is 0.163 e. The van der Waals surface area contributed by atoms with Crippen LogP contribution in [-0.4, -0.2) is 6.61 Å². The van der Waals surface area contributed by atoms with Gasteiger partial charge in [-0.15, -0.1) is 0 Å². The molecule has 3 aromatic rings. The van der Waals surface area contributed by atoms with Gasteiger partial charge in [-0.25, -0.2) is 4.39 Å². The molecule has 0 saturated carbocycles. The largest absolute Gasteiger partial charge is 0.490 e. The van der Waals surface area contributed by atoms with E-state index in [0.29, 0.717) is 36.3 Å². The summed E-state index contributed by atoms with van der Waals surface area (Å²) in [5.41, 5.74) is 2.75. The Hall–Kier alpha value is -2.72. The van der Waals surface area contributed by atoms with Crippen molar-refractivity contribution >= 4 is 17.3 Å². The average Bonchev–Trinajstić information content (AvgIpc) is 2.69. The fraction of sp³-hybridized carbons (Fsp3) is 0.182. The molecule has 1 N–H and O–H groups in total. The van der Waals surface area contributed by atoms with Crippen molar-refractivity contribution in [1.82, 2.24) is 0 Å². The molecule has 0 fully saturated rings. The van der Waals surface area contributed by atoms with Crippen molar-refractivity contribution in [2.75, 3.05) is 11.9 Å². The summed E-state index contributed by atoms with van der Waals surface area (Å²) < 4.78 is 24.7. The summed E-state index contributed by atoms with van der Waals surface area (Å²) in [6.07, 6.45) is 0. The van der Waals surface area contributed by atoms with E-state index >= 15 is 0 Å². The Labute approximate surface area is 163 Å². The molecule has 0 aromatic heterocycles. The summed E-state index contributed by atoms with van der Waals surface area (Å²) in [7, 11) is 0. The van der Waals surface area contributed by atoms with Crippen LogP contribution in [0, 0.1) is 5.82 Å². The Morgan fingerprint density at radius 2 is 1.63 bits per heavy atom. The van der Waals surface area contributed by atoms with E-state index < -0.39 is 0 Å². The predicted octanol–water partition coefficient (Wildman–Crippen LogP) is 6.07. The van der Waals surface area contributed by atoms with Gasteiger partial charge in [-0.05, 0) is 48.4 Å². The topological polar surface area (TPSA) is 30.5 Å². The lowest BCUT2D eigenvalue weighted by atomic mass is 10.2. The minimum atomic E-state index is -0.267. The molecule has 0 heterocycles. The number of nitrogens with one attached hydrogen (secondary N) is 1. The van der Waals surface area contributed by atoms with Crippen molar-refractivity contribution in [3.63, 3.8) is 0 Å². The van der Waals surface area contributed by atoms with E-state index in [1.807, 2.05) is 43.3 Å². The van der Waals surface area contributed by atoms with E-state index in [2.05, 4.69) is 5.32 Å². The van der Waals surface area contributed by atoms with Crippen LogP contribution in [0.1, 0.15) is 18.1 Å². The minimum Gasteiger partial charge on any atom is -0.490 e. The lowest BCUT2D eigenvalue weighted by Gasteiger charge is -2.16. The molecule has 3 rings (SSSR count). The highest BCUT2D eigenvalue weighted by atomic mass is 35.5. The third-order valence-corrected chi connectivity index (χ3v) is 4.33. The average molecular weight is 386 g/mol. The molecule has 5 heteroatoms. The van der Waals surface area contributed by atoms with Crippen molar-refractivity contribution in [3.05, 3.63) is 88.7 Å². The molecule has 0 unspecified atom stereocenters. The van der Waals surface area contributed by atoms with Gasteiger partial charge in [0.05, 0.1) is 6.61 Å². The zero-order chi connectivity index (χ0) is 19.1. The van der Waals surface area contributed by atoms with Crippen molar-refractivity contribution in [3.8, 4) is 11.5 Å². The zero-order valence-electron chi connectivity index (χ0n) is 15.0. The van der Waals surface area contributed by atoms with Crippen LogP contribution in [0.15, 0.2) is 66.7 Å². The first-order chi connectivity index (χ1) is 13.2. The Balaban J connectivity index is 1.73. The second-order valence-corrected chi connectivity index (χ2v) is 6.37. The second-order valence-electron chi connectivity index (χ2n) is 5.96. The van der Waals surface area contributed by atoms with Crippen LogP contribution < -0.4 is 14.8 Å². The molecule has 0 amide bonds. The number of hydrogen-bond acceptors (Lipinski definition) is 3. The highest BCUT2D eigenvalue weighted by molar-refractivity contribution is 6.31. The molecule has 0 saturated heterocycles. The van der Waals surface area contributed by atoms with E-state index in [1.54, 1.807) is 18.2 Å². The summed E-state index contributed by atoms with van der Waals surface area (Å²) >= 11 is 6.44. The smallest absolute Gasteiger partial charge is 0.163 e. The molecular formula is C22H21ClFNO2. The van der Waals surface area contributed by atoms with E-state index in [9.17, 15) is 4.39 Å². The molecule has 3 nitrogen and oxygen atoms in total. The van der Waals surface area contributed by atoms with E-state index in [4.69, 9.17) is 21.1 Å². The van der Waals surface area contributed by atoms with Crippen molar-refractivity contribution in [1.29, 1.82) is 0 Å². The maximum absolute atomic E-state index is 13.0. The fourth-order valence-corrected chi connectivity index (χ4v) is 2.81. The van der Waals surface area contributed by atoms with E-state index in [1.165, 1.54) is 12.1 Å². The van der Waals surface area contributed by atoms with Crippen LogP contribution in [0.2, 0.25) is 5.02 Å². The monoisotopic (exact) mass is 385 g/mol. The Bertz CT molecular complexity index is 869. The lowest BCUT2D eigenvalue weighted by molar-refractivity contribution is 0.269. The van der Waals surface area contributed by atoms with Gasteiger partial charge in [-0.3, -0.25) is 0 Å². The van der Waals surface area contributed by atoms with Crippen LogP contribution in [0.3, 0.4) is 0 Å². The first kappa shape index (κ1) is 19.1. The van der Waals surface area contributed by atoms with Crippen LogP contribution in [0.4, 0.5) is 10.1 Å². The lowest BCUT2D eigenvalue weighted by Crippen LogP contribution is -2.04. The van der Waals surface area contributed by atoms with Gasteiger partial charge in [-0.2, -0.15) is 0 Å². The molecule has 0 spiro atoms. The number of ether oxygens (including phenoxy) is 2. The number of benzene rings is 3. The maximum atomic E-state index is 13.0. The van der Waals surface area contributed by atoms with Gasteiger partial charge < -0.3 is 14.8 Å². The molecule has 0 bridgehead atoms.